The molecule has 0 saturated carbocycles. The molecule has 116 valence electrons. The Balaban J connectivity index is 1.77. The SMILES string of the molecule is O=C(O)N1CCC(c2nc(-c3cc(F)ccc3F)no2)CC1. The molecule has 1 aliphatic heterocycles. The van der Waals surface area contributed by atoms with Gasteiger partial charge in [0, 0.05) is 19.0 Å². The summed E-state index contributed by atoms with van der Waals surface area (Å²) in [7, 11) is 0. The summed E-state index contributed by atoms with van der Waals surface area (Å²) < 4.78 is 32.0. The molecule has 0 aliphatic carbocycles. The average Bonchev–Trinajstić information content (AvgIpc) is 2.99. The molecule has 8 heteroatoms. The van der Waals surface area contributed by atoms with E-state index < -0.39 is 17.7 Å². The van der Waals surface area contributed by atoms with E-state index in [1.165, 1.54) is 4.90 Å². The second-order valence-corrected chi connectivity index (χ2v) is 5.12. The van der Waals surface area contributed by atoms with Crippen LogP contribution in [0.4, 0.5) is 13.6 Å². The molecule has 0 radical (unpaired) electrons. The van der Waals surface area contributed by atoms with E-state index in [1.54, 1.807) is 0 Å². The number of carboxylic acid groups (broad SMARTS) is 1. The van der Waals surface area contributed by atoms with Crippen molar-refractivity contribution in [3.05, 3.63) is 35.7 Å². The third-order valence-corrected chi connectivity index (χ3v) is 3.73. The van der Waals surface area contributed by atoms with Crippen LogP contribution in [-0.2, 0) is 0 Å². The zero-order chi connectivity index (χ0) is 15.7. The van der Waals surface area contributed by atoms with Crippen LogP contribution in [0.5, 0.6) is 0 Å². The Bertz CT molecular complexity index is 696. The van der Waals surface area contributed by atoms with Crippen LogP contribution in [-0.4, -0.2) is 39.3 Å². The number of hydrogen-bond acceptors (Lipinski definition) is 4. The number of benzene rings is 1. The minimum Gasteiger partial charge on any atom is -0.465 e. The first-order chi connectivity index (χ1) is 10.5. The predicted molar refractivity (Wildman–Crippen MR) is 71.2 cm³/mol. The third kappa shape index (κ3) is 2.76. The van der Waals surface area contributed by atoms with Crippen molar-refractivity contribution in [3.63, 3.8) is 0 Å². The topological polar surface area (TPSA) is 79.5 Å². The van der Waals surface area contributed by atoms with Gasteiger partial charge in [-0.25, -0.2) is 13.6 Å². The number of halogens is 2. The van der Waals surface area contributed by atoms with Crippen molar-refractivity contribution in [1.82, 2.24) is 15.0 Å². The number of amides is 1. The van der Waals surface area contributed by atoms with Crippen LogP contribution in [0.25, 0.3) is 11.4 Å². The van der Waals surface area contributed by atoms with Gasteiger partial charge in [-0.1, -0.05) is 5.16 Å². The number of rotatable bonds is 2. The molecular formula is C14H13F2N3O3. The zero-order valence-corrected chi connectivity index (χ0v) is 11.5. The lowest BCUT2D eigenvalue weighted by Crippen LogP contribution is -2.36. The van der Waals surface area contributed by atoms with Gasteiger partial charge in [-0.15, -0.1) is 0 Å². The Hall–Kier alpha value is -2.51. The maximum atomic E-state index is 13.7. The minimum absolute atomic E-state index is 0.00679. The lowest BCUT2D eigenvalue weighted by Gasteiger charge is -2.27. The van der Waals surface area contributed by atoms with E-state index >= 15 is 0 Å². The molecule has 1 aromatic heterocycles. The molecule has 3 rings (SSSR count). The van der Waals surface area contributed by atoms with Crippen molar-refractivity contribution in [3.8, 4) is 11.4 Å². The molecule has 0 bridgehead atoms. The normalized spacial score (nSPS) is 16.0. The van der Waals surface area contributed by atoms with Crippen LogP contribution >= 0.6 is 0 Å². The first kappa shape index (κ1) is 14.4. The predicted octanol–water partition coefficient (Wildman–Crippen LogP) is 2.87. The number of nitrogens with zero attached hydrogens (tertiary/aromatic N) is 3. The van der Waals surface area contributed by atoms with E-state index in [9.17, 15) is 13.6 Å². The van der Waals surface area contributed by atoms with Crippen molar-refractivity contribution >= 4 is 6.09 Å². The molecule has 6 nitrogen and oxygen atoms in total. The van der Waals surface area contributed by atoms with Crippen molar-refractivity contribution in [2.75, 3.05) is 13.1 Å². The van der Waals surface area contributed by atoms with Gasteiger partial charge in [0.15, 0.2) is 0 Å². The number of aromatic nitrogens is 2. The molecule has 0 atom stereocenters. The molecule has 1 aromatic carbocycles. The summed E-state index contributed by atoms with van der Waals surface area (Å²) >= 11 is 0. The van der Waals surface area contributed by atoms with Crippen LogP contribution in [0.3, 0.4) is 0 Å². The highest BCUT2D eigenvalue weighted by Crippen LogP contribution is 2.29. The first-order valence-corrected chi connectivity index (χ1v) is 6.81. The number of likely N-dealkylation sites (tertiary alicyclic amines) is 1. The molecule has 1 saturated heterocycles. The monoisotopic (exact) mass is 309 g/mol. The van der Waals surface area contributed by atoms with Gasteiger partial charge in [0.1, 0.15) is 11.6 Å². The fourth-order valence-corrected chi connectivity index (χ4v) is 2.50. The Morgan fingerprint density at radius 3 is 2.73 bits per heavy atom. The number of hydrogen-bond donors (Lipinski definition) is 1. The van der Waals surface area contributed by atoms with Crippen molar-refractivity contribution in [1.29, 1.82) is 0 Å². The molecule has 22 heavy (non-hydrogen) atoms. The summed E-state index contributed by atoms with van der Waals surface area (Å²) in [5, 5.41) is 12.6. The fraction of sp³-hybridized carbons (Fsp3) is 0.357. The van der Waals surface area contributed by atoms with Crippen LogP contribution in [0.1, 0.15) is 24.7 Å². The van der Waals surface area contributed by atoms with Gasteiger partial charge < -0.3 is 14.5 Å². The highest BCUT2D eigenvalue weighted by molar-refractivity contribution is 5.65. The quantitative estimate of drug-likeness (QED) is 0.922. The molecule has 0 spiro atoms. The van der Waals surface area contributed by atoms with E-state index in [0.29, 0.717) is 31.8 Å². The molecular weight excluding hydrogens is 296 g/mol. The first-order valence-electron chi connectivity index (χ1n) is 6.81. The van der Waals surface area contributed by atoms with Crippen molar-refractivity contribution in [2.45, 2.75) is 18.8 Å². The summed E-state index contributed by atoms with van der Waals surface area (Å²) in [5.74, 6) is -0.975. The number of carbonyl (C=O) groups is 1. The highest BCUT2D eigenvalue weighted by Gasteiger charge is 2.27. The standard InChI is InChI=1S/C14H13F2N3O3/c15-9-1-2-11(16)10(7-9)12-17-13(22-18-12)8-3-5-19(6-4-8)14(20)21/h1-2,7-8H,3-6H2,(H,20,21). The fourth-order valence-electron chi connectivity index (χ4n) is 2.50. The molecule has 0 unspecified atom stereocenters. The summed E-state index contributed by atoms with van der Waals surface area (Å²) in [6, 6.07) is 3.03. The van der Waals surface area contributed by atoms with Crippen LogP contribution in [0.15, 0.2) is 22.7 Å². The van der Waals surface area contributed by atoms with Gasteiger partial charge in [0.25, 0.3) is 0 Å². The van der Waals surface area contributed by atoms with Gasteiger partial charge in [0.2, 0.25) is 11.7 Å². The highest BCUT2D eigenvalue weighted by atomic mass is 19.1. The minimum atomic E-state index is -0.952. The van der Waals surface area contributed by atoms with Gasteiger partial charge >= 0.3 is 6.09 Å². The average molecular weight is 309 g/mol. The largest absolute Gasteiger partial charge is 0.465 e. The Morgan fingerprint density at radius 1 is 1.32 bits per heavy atom. The Kier molecular flexibility index (Phi) is 3.74. The molecule has 1 amide bonds. The zero-order valence-electron chi connectivity index (χ0n) is 11.5. The maximum absolute atomic E-state index is 13.7. The van der Waals surface area contributed by atoms with E-state index in [4.69, 9.17) is 9.63 Å². The van der Waals surface area contributed by atoms with Crippen molar-refractivity contribution < 1.29 is 23.2 Å². The molecule has 1 N–H and O–H groups in total. The second-order valence-electron chi connectivity index (χ2n) is 5.12. The van der Waals surface area contributed by atoms with E-state index in [-0.39, 0.29) is 17.3 Å². The summed E-state index contributed by atoms with van der Waals surface area (Å²) in [5.41, 5.74) is -0.0574. The number of piperidine rings is 1. The van der Waals surface area contributed by atoms with E-state index in [0.717, 1.165) is 18.2 Å². The second kappa shape index (κ2) is 5.70. The van der Waals surface area contributed by atoms with Gasteiger partial charge in [-0.3, -0.25) is 0 Å². The molecule has 1 fully saturated rings. The molecule has 2 aromatic rings. The van der Waals surface area contributed by atoms with Crippen LogP contribution < -0.4 is 0 Å². The van der Waals surface area contributed by atoms with Gasteiger partial charge in [0.05, 0.1) is 5.56 Å². The molecule has 1 aliphatic rings. The lowest BCUT2D eigenvalue weighted by molar-refractivity contribution is 0.128. The lowest BCUT2D eigenvalue weighted by atomic mass is 9.97. The van der Waals surface area contributed by atoms with Gasteiger partial charge in [-0.05, 0) is 31.0 Å². The Morgan fingerprint density at radius 2 is 2.05 bits per heavy atom. The van der Waals surface area contributed by atoms with E-state index in [1.807, 2.05) is 0 Å². The summed E-state index contributed by atoms with van der Waals surface area (Å²) in [6.07, 6.45) is 0.158. The van der Waals surface area contributed by atoms with Crippen LogP contribution in [0.2, 0.25) is 0 Å². The van der Waals surface area contributed by atoms with Crippen LogP contribution in [0, 0.1) is 11.6 Å². The smallest absolute Gasteiger partial charge is 0.407 e. The summed E-state index contributed by atoms with van der Waals surface area (Å²) in [4.78, 5) is 16.3. The van der Waals surface area contributed by atoms with E-state index in [2.05, 4.69) is 10.1 Å². The van der Waals surface area contributed by atoms with Crippen molar-refractivity contribution in [2.24, 2.45) is 0 Å². The summed E-state index contributed by atoms with van der Waals surface area (Å²) in [6.45, 7) is 0.762. The third-order valence-electron chi connectivity index (χ3n) is 3.73. The van der Waals surface area contributed by atoms with Gasteiger partial charge in [-0.2, -0.15) is 4.98 Å². The Labute approximate surface area is 124 Å². The molecule has 2 heterocycles. The maximum Gasteiger partial charge on any atom is 0.407 e.